The fraction of sp³-hybridized carbons (Fsp3) is 1.00. The first kappa shape index (κ1) is 12.9. The molecule has 0 atom stereocenters. The van der Waals surface area contributed by atoms with Gasteiger partial charge in [0.15, 0.2) is 0 Å². The van der Waals surface area contributed by atoms with Gasteiger partial charge >= 0.3 is 0 Å². The van der Waals surface area contributed by atoms with Crippen molar-refractivity contribution in [3.05, 3.63) is 0 Å². The molecule has 13 heavy (non-hydrogen) atoms. The standard InChI is InChI=1S/C8H20N2O2S/c1-4-10(3)13(11,12)8-6-5-7-9-2/h9H,4-8H2,1-3H3. The maximum Gasteiger partial charge on any atom is 0.213 e. The van der Waals surface area contributed by atoms with Gasteiger partial charge in [0.05, 0.1) is 5.75 Å². The molecule has 0 unspecified atom stereocenters. The van der Waals surface area contributed by atoms with Gasteiger partial charge in [0, 0.05) is 13.6 Å². The Bertz CT molecular complexity index is 214. The zero-order valence-corrected chi connectivity index (χ0v) is 9.52. The van der Waals surface area contributed by atoms with Crippen molar-refractivity contribution in [3.8, 4) is 0 Å². The van der Waals surface area contributed by atoms with Crippen LogP contribution in [0.2, 0.25) is 0 Å². The van der Waals surface area contributed by atoms with Crippen molar-refractivity contribution >= 4 is 10.0 Å². The van der Waals surface area contributed by atoms with Crippen LogP contribution >= 0.6 is 0 Å². The Hall–Kier alpha value is -0.130. The van der Waals surface area contributed by atoms with Gasteiger partial charge in [-0.2, -0.15) is 0 Å². The summed E-state index contributed by atoms with van der Waals surface area (Å²) < 4.78 is 24.3. The predicted molar refractivity (Wildman–Crippen MR) is 55.3 cm³/mol. The smallest absolute Gasteiger partial charge is 0.213 e. The van der Waals surface area contributed by atoms with Crippen LogP contribution in [-0.2, 0) is 10.0 Å². The molecule has 0 aromatic heterocycles. The van der Waals surface area contributed by atoms with Crippen LogP contribution in [0.15, 0.2) is 0 Å². The average molecular weight is 208 g/mol. The maximum absolute atomic E-state index is 11.4. The van der Waals surface area contributed by atoms with E-state index in [2.05, 4.69) is 5.32 Å². The van der Waals surface area contributed by atoms with Crippen molar-refractivity contribution < 1.29 is 8.42 Å². The van der Waals surface area contributed by atoms with Gasteiger partial charge < -0.3 is 5.32 Å². The molecule has 5 heteroatoms. The van der Waals surface area contributed by atoms with Crippen molar-refractivity contribution in [2.24, 2.45) is 0 Å². The number of hydrogen-bond donors (Lipinski definition) is 1. The molecule has 0 amide bonds. The lowest BCUT2D eigenvalue weighted by Gasteiger charge is -2.14. The minimum Gasteiger partial charge on any atom is -0.320 e. The second-order valence-corrected chi connectivity index (χ2v) is 5.24. The largest absolute Gasteiger partial charge is 0.320 e. The molecular formula is C8H20N2O2S. The lowest BCUT2D eigenvalue weighted by Crippen LogP contribution is -2.29. The van der Waals surface area contributed by atoms with Gasteiger partial charge in [-0.1, -0.05) is 6.92 Å². The van der Waals surface area contributed by atoms with E-state index in [-0.39, 0.29) is 5.75 Å². The molecule has 0 aromatic carbocycles. The second-order valence-electron chi connectivity index (χ2n) is 3.04. The van der Waals surface area contributed by atoms with E-state index in [1.807, 2.05) is 14.0 Å². The predicted octanol–water partition coefficient (Wildman–Crippen LogP) is 0.267. The summed E-state index contributed by atoms with van der Waals surface area (Å²) in [7, 11) is 0.501. The van der Waals surface area contributed by atoms with Gasteiger partial charge in [-0.25, -0.2) is 12.7 Å². The minimum absolute atomic E-state index is 0.263. The van der Waals surface area contributed by atoms with Crippen LogP contribution in [0.5, 0.6) is 0 Å². The van der Waals surface area contributed by atoms with E-state index in [0.29, 0.717) is 6.54 Å². The highest BCUT2D eigenvalue weighted by Crippen LogP contribution is 2.01. The summed E-state index contributed by atoms with van der Waals surface area (Å²) in [6, 6.07) is 0. The molecule has 0 heterocycles. The summed E-state index contributed by atoms with van der Waals surface area (Å²) in [5, 5.41) is 2.99. The fourth-order valence-electron chi connectivity index (χ4n) is 0.939. The van der Waals surface area contributed by atoms with Crippen LogP contribution in [0.1, 0.15) is 19.8 Å². The number of nitrogens with one attached hydrogen (secondary N) is 1. The van der Waals surface area contributed by atoms with Gasteiger partial charge in [-0.15, -0.1) is 0 Å². The molecule has 0 saturated heterocycles. The normalized spacial score (nSPS) is 12.3. The number of unbranched alkanes of at least 4 members (excludes halogenated alkanes) is 1. The molecule has 0 rings (SSSR count). The number of hydrogen-bond acceptors (Lipinski definition) is 3. The highest BCUT2D eigenvalue weighted by molar-refractivity contribution is 7.89. The zero-order chi connectivity index (χ0) is 10.3. The van der Waals surface area contributed by atoms with Crippen molar-refractivity contribution in [3.63, 3.8) is 0 Å². The van der Waals surface area contributed by atoms with Gasteiger partial charge in [0.25, 0.3) is 0 Å². The molecule has 0 radical (unpaired) electrons. The number of nitrogens with zero attached hydrogens (tertiary/aromatic N) is 1. The molecule has 0 spiro atoms. The molecule has 1 N–H and O–H groups in total. The van der Waals surface area contributed by atoms with E-state index in [9.17, 15) is 8.42 Å². The first-order valence-corrected chi connectivity index (χ1v) is 6.24. The number of sulfonamides is 1. The molecule has 0 saturated carbocycles. The Balaban J connectivity index is 3.77. The highest BCUT2D eigenvalue weighted by Gasteiger charge is 2.14. The molecule has 0 fully saturated rings. The van der Waals surface area contributed by atoms with Gasteiger partial charge in [-0.3, -0.25) is 0 Å². The van der Waals surface area contributed by atoms with Gasteiger partial charge in [-0.05, 0) is 26.4 Å². The Morgan fingerprint density at radius 2 is 1.92 bits per heavy atom. The average Bonchev–Trinajstić information content (AvgIpc) is 2.11. The van der Waals surface area contributed by atoms with Gasteiger partial charge in [0.1, 0.15) is 0 Å². The van der Waals surface area contributed by atoms with Gasteiger partial charge in [0.2, 0.25) is 10.0 Å². The Morgan fingerprint density at radius 1 is 1.31 bits per heavy atom. The molecule has 0 aliphatic rings. The van der Waals surface area contributed by atoms with Crippen LogP contribution in [-0.4, -0.2) is 45.7 Å². The quantitative estimate of drug-likeness (QED) is 0.611. The molecule has 80 valence electrons. The van der Waals surface area contributed by atoms with E-state index in [1.165, 1.54) is 4.31 Å². The van der Waals surface area contributed by atoms with Crippen LogP contribution in [0, 0.1) is 0 Å². The van der Waals surface area contributed by atoms with E-state index >= 15 is 0 Å². The molecule has 4 nitrogen and oxygen atoms in total. The highest BCUT2D eigenvalue weighted by atomic mass is 32.2. The molecule has 0 bridgehead atoms. The van der Waals surface area contributed by atoms with E-state index in [0.717, 1.165) is 19.4 Å². The van der Waals surface area contributed by atoms with Crippen LogP contribution < -0.4 is 5.32 Å². The van der Waals surface area contributed by atoms with E-state index in [1.54, 1.807) is 7.05 Å². The topological polar surface area (TPSA) is 49.4 Å². The summed E-state index contributed by atoms with van der Waals surface area (Å²) in [4.78, 5) is 0. The van der Waals surface area contributed by atoms with Crippen molar-refractivity contribution in [1.29, 1.82) is 0 Å². The summed E-state index contributed by atoms with van der Waals surface area (Å²) in [6.45, 7) is 3.27. The third-order valence-electron chi connectivity index (χ3n) is 2.00. The summed E-state index contributed by atoms with van der Waals surface area (Å²) in [6.07, 6.45) is 1.64. The van der Waals surface area contributed by atoms with Crippen LogP contribution in [0.4, 0.5) is 0 Å². The third-order valence-corrected chi connectivity index (χ3v) is 4.01. The zero-order valence-electron chi connectivity index (χ0n) is 8.71. The summed E-state index contributed by atoms with van der Waals surface area (Å²) in [5.41, 5.74) is 0. The third kappa shape index (κ3) is 5.23. The Morgan fingerprint density at radius 3 is 2.38 bits per heavy atom. The molecular weight excluding hydrogens is 188 g/mol. The van der Waals surface area contributed by atoms with Crippen LogP contribution in [0.3, 0.4) is 0 Å². The van der Waals surface area contributed by atoms with E-state index < -0.39 is 10.0 Å². The Kier molecular flexibility index (Phi) is 6.28. The van der Waals surface area contributed by atoms with Crippen molar-refractivity contribution in [1.82, 2.24) is 9.62 Å². The lowest BCUT2D eigenvalue weighted by atomic mass is 10.3. The van der Waals surface area contributed by atoms with Crippen LogP contribution in [0.25, 0.3) is 0 Å². The summed E-state index contributed by atoms with van der Waals surface area (Å²) >= 11 is 0. The Labute approximate surface area is 81.4 Å². The van der Waals surface area contributed by atoms with Crippen molar-refractivity contribution in [2.45, 2.75) is 19.8 Å². The van der Waals surface area contributed by atoms with Crippen molar-refractivity contribution in [2.75, 3.05) is 32.9 Å². The first-order chi connectivity index (χ1) is 6.04. The maximum atomic E-state index is 11.4. The minimum atomic E-state index is -2.99. The SMILES string of the molecule is CCN(C)S(=O)(=O)CCCCNC. The number of rotatable bonds is 7. The molecule has 0 aromatic rings. The monoisotopic (exact) mass is 208 g/mol. The molecule has 0 aliphatic carbocycles. The van der Waals surface area contributed by atoms with E-state index in [4.69, 9.17) is 0 Å². The lowest BCUT2D eigenvalue weighted by molar-refractivity contribution is 0.483. The second kappa shape index (κ2) is 6.34. The fourth-order valence-corrected chi connectivity index (χ4v) is 2.21. The first-order valence-electron chi connectivity index (χ1n) is 4.63. The summed E-state index contributed by atoms with van der Waals surface area (Å²) in [5.74, 6) is 0.263. The molecule has 0 aliphatic heterocycles.